The summed E-state index contributed by atoms with van der Waals surface area (Å²) >= 11 is 0. The largest absolute Gasteiger partial charge is 0.481 e. The summed E-state index contributed by atoms with van der Waals surface area (Å²) in [5.74, 6) is -1.27. The van der Waals surface area contributed by atoms with Crippen LogP contribution in [-0.2, 0) is 9.59 Å². The molecule has 1 aliphatic carbocycles. The maximum absolute atomic E-state index is 12.7. The zero-order valence-corrected chi connectivity index (χ0v) is 16.3. The number of hydrogen-bond donors (Lipinski definition) is 3. The van der Waals surface area contributed by atoms with Crippen LogP contribution in [0.3, 0.4) is 0 Å². The van der Waals surface area contributed by atoms with E-state index in [-0.39, 0.29) is 29.8 Å². The van der Waals surface area contributed by atoms with Gasteiger partial charge in [-0.3, -0.25) is 9.59 Å². The van der Waals surface area contributed by atoms with Crippen molar-refractivity contribution in [1.29, 1.82) is 0 Å². The molecule has 7 nitrogen and oxygen atoms in total. The Balaban J connectivity index is 1.49. The third kappa shape index (κ3) is 5.24. The van der Waals surface area contributed by atoms with E-state index in [9.17, 15) is 14.4 Å². The molecule has 0 aromatic heterocycles. The zero-order chi connectivity index (χ0) is 20.1. The van der Waals surface area contributed by atoms with Crippen LogP contribution in [0.2, 0.25) is 0 Å². The maximum Gasteiger partial charge on any atom is 0.321 e. The second-order valence-corrected chi connectivity index (χ2v) is 7.98. The van der Waals surface area contributed by atoms with Crippen LogP contribution in [0, 0.1) is 18.8 Å². The quantitative estimate of drug-likeness (QED) is 0.740. The van der Waals surface area contributed by atoms with Crippen LogP contribution in [0.5, 0.6) is 0 Å². The molecule has 1 aliphatic heterocycles. The number of likely N-dealkylation sites (tertiary alicyclic amines) is 1. The number of carbonyl (C=O) groups is 3. The van der Waals surface area contributed by atoms with Gasteiger partial charge in [-0.15, -0.1) is 0 Å². The molecule has 2 fully saturated rings. The van der Waals surface area contributed by atoms with Crippen molar-refractivity contribution in [1.82, 2.24) is 10.2 Å². The first-order chi connectivity index (χ1) is 13.4. The van der Waals surface area contributed by atoms with Gasteiger partial charge in [0.1, 0.15) is 0 Å². The van der Waals surface area contributed by atoms with Crippen molar-refractivity contribution in [2.24, 2.45) is 11.8 Å². The van der Waals surface area contributed by atoms with Crippen molar-refractivity contribution < 1.29 is 19.5 Å². The first-order valence-corrected chi connectivity index (χ1v) is 10.1. The molecule has 1 saturated carbocycles. The fraction of sp³-hybridized carbons (Fsp3) is 0.571. The second kappa shape index (κ2) is 9.08. The number of rotatable bonds is 4. The number of urea groups is 1. The number of aliphatic carboxylic acids is 1. The average molecular weight is 387 g/mol. The predicted molar refractivity (Wildman–Crippen MR) is 106 cm³/mol. The fourth-order valence-electron chi connectivity index (χ4n) is 4.10. The maximum atomic E-state index is 12.7. The van der Waals surface area contributed by atoms with E-state index in [0.717, 1.165) is 24.1 Å². The molecule has 28 heavy (non-hydrogen) atoms. The summed E-state index contributed by atoms with van der Waals surface area (Å²) in [5.41, 5.74) is 1.83. The number of piperidine rings is 1. The van der Waals surface area contributed by atoms with E-state index < -0.39 is 5.97 Å². The number of hydrogen-bond acceptors (Lipinski definition) is 3. The summed E-state index contributed by atoms with van der Waals surface area (Å²) in [6, 6.07) is 7.51. The van der Waals surface area contributed by atoms with Crippen LogP contribution in [0.15, 0.2) is 24.3 Å². The van der Waals surface area contributed by atoms with E-state index in [1.807, 2.05) is 31.2 Å². The number of benzene rings is 1. The molecule has 0 radical (unpaired) electrons. The summed E-state index contributed by atoms with van der Waals surface area (Å²) < 4.78 is 0. The van der Waals surface area contributed by atoms with Crippen LogP contribution in [0.1, 0.15) is 44.1 Å². The van der Waals surface area contributed by atoms with E-state index in [1.165, 1.54) is 0 Å². The molecule has 3 N–H and O–H groups in total. The number of aryl methyl sites for hydroxylation is 1. The van der Waals surface area contributed by atoms with Gasteiger partial charge in [-0.2, -0.15) is 0 Å². The SMILES string of the molecule is Cc1cccc(NC(=O)N2CCCC(C(=O)NC3CCC(C(=O)O)CC3)C2)c1. The number of amides is 3. The van der Waals surface area contributed by atoms with Crippen molar-refractivity contribution in [2.45, 2.75) is 51.5 Å². The van der Waals surface area contributed by atoms with Crippen molar-refractivity contribution in [3.63, 3.8) is 0 Å². The lowest BCUT2D eigenvalue weighted by Crippen LogP contribution is -2.49. The van der Waals surface area contributed by atoms with Gasteiger partial charge in [0.25, 0.3) is 0 Å². The summed E-state index contributed by atoms with van der Waals surface area (Å²) in [5, 5.41) is 15.1. The third-order valence-electron chi connectivity index (χ3n) is 5.77. The average Bonchev–Trinajstić information content (AvgIpc) is 2.68. The molecule has 1 atom stereocenters. The lowest BCUT2D eigenvalue weighted by molar-refractivity contribution is -0.142. The van der Waals surface area contributed by atoms with Gasteiger partial charge in [-0.1, -0.05) is 12.1 Å². The predicted octanol–water partition coefficient (Wildman–Crippen LogP) is 3.00. The molecule has 7 heteroatoms. The van der Waals surface area contributed by atoms with Gasteiger partial charge in [-0.25, -0.2) is 4.79 Å². The lowest BCUT2D eigenvalue weighted by Gasteiger charge is -2.34. The second-order valence-electron chi connectivity index (χ2n) is 7.98. The summed E-state index contributed by atoms with van der Waals surface area (Å²) in [6.07, 6.45) is 4.18. The van der Waals surface area contributed by atoms with Crippen molar-refractivity contribution in [2.75, 3.05) is 18.4 Å². The first kappa shape index (κ1) is 20.2. The molecule has 1 saturated heterocycles. The van der Waals surface area contributed by atoms with Crippen LogP contribution in [0.25, 0.3) is 0 Å². The Bertz CT molecular complexity index is 728. The Labute approximate surface area is 165 Å². The monoisotopic (exact) mass is 387 g/mol. The Morgan fingerprint density at radius 3 is 2.50 bits per heavy atom. The van der Waals surface area contributed by atoms with E-state index in [1.54, 1.807) is 4.90 Å². The van der Waals surface area contributed by atoms with Gasteiger partial charge in [0.05, 0.1) is 11.8 Å². The van der Waals surface area contributed by atoms with Crippen LogP contribution in [0.4, 0.5) is 10.5 Å². The number of carboxylic acid groups (broad SMARTS) is 1. The molecule has 2 aliphatic rings. The fourth-order valence-corrected chi connectivity index (χ4v) is 4.10. The van der Waals surface area contributed by atoms with Crippen LogP contribution in [-0.4, -0.2) is 47.0 Å². The Morgan fingerprint density at radius 2 is 1.82 bits per heavy atom. The molecule has 0 spiro atoms. The highest BCUT2D eigenvalue weighted by molar-refractivity contribution is 5.90. The van der Waals surface area contributed by atoms with E-state index in [2.05, 4.69) is 10.6 Å². The lowest BCUT2D eigenvalue weighted by atomic mass is 9.85. The van der Waals surface area contributed by atoms with E-state index >= 15 is 0 Å². The molecule has 1 aromatic carbocycles. The summed E-state index contributed by atoms with van der Waals surface area (Å²) in [7, 11) is 0. The van der Waals surface area contributed by atoms with Gasteiger partial charge in [0.15, 0.2) is 0 Å². The normalized spacial score (nSPS) is 25.0. The summed E-state index contributed by atoms with van der Waals surface area (Å²) in [4.78, 5) is 38.0. The molecule has 1 aromatic rings. The van der Waals surface area contributed by atoms with E-state index in [0.29, 0.717) is 38.8 Å². The molecule has 1 heterocycles. The number of nitrogens with one attached hydrogen (secondary N) is 2. The highest BCUT2D eigenvalue weighted by Crippen LogP contribution is 2.25. The number of nitrogens with zero attached hydrogens (tertiary/aromatic N) is 1. The highest BCUT2D eigenvalue weighted by Gasteiger charge is 2.31. The standard InChI is InChI=1S/C21H29N3O4/c1-14-4-2-6-18(12-14)23-21(28)24-11-3-5-16(13-24)19(25)22-17-9-7-15(8-10-17)20(26)27/h2,4,6,12,15-17H,3,5,7-11,13H2,1H3,(H,22,25)(H,23,28)(H,26,27). The zero-order valence-electron chi connectivity index (χ0n) is 16.3. The van der Waals surface area contributed by atoms with Crippen LogP contribution < -0.4 is 10.6 Å². The Kier molecular flexibility index (Phi) is 6.54. The van der Waals surface area contributed by atoms with Gasteiger partial charge >= 0.3 is 12.0 Å². The minimum atomic E-state index is -0.743. The van der Waals surface area contributed by atoms with Gasteiger partial charge < -0.3 is 20.6 Å². The first-order valence-electron chi connectivity index (χ1n) is 10.1. The van der Waals surface area contributed by atoms with E-state index in [4.69, 9.17) is 5.11 Å². The van der Waals surface area contributed by atoms with Crippen molar-refractivity contribution in [3.8, 4) is 0 Å². The molecule has 3 rings (SSSR count). The summed E-state index contributed by atoms with van der Waals surface area (Å²) in [6.45, 7) is 3.03. The third-order valence-corrected chi connectivity index (χ3v) is 5.77. The smallest absolute Gasteiger partial charge is 0.321 e. The topological polar surface area (TPSA) is 98.7 Å². The molecular weight excluding hydrogens is 358 g/mol. The number of anilines is 1. The minimum Gasteiger partial charge on any atom is -0.481 e. The Hall–Kier alpha value is -2.57. The Morgan fingerprint density at radius 1 is 1.07 bits per heavy atom. The molecule has 3 amide bonds. The minimum absolute atomic E-state index is 0.0215. The van der Waals surface area contributed by atoms with Crippen molar-refractivity contribution >= 4 is 23.6 Å². The molecule has 152 valence electrons. The van der Waals surface area contributed by atoms with Gasteiger partial charge in [0.2, 0.25) is 5.91 Å². The molecule has 0 bridgehead atoms. The van der Waals surface area contributed by atoms with Crippen molar-refractivity contribution in [3.05, 3.63) is 29.8 Å². The highest BCUT2D eigenvalue weighted by atomic mass is 16.4. The van der Waals surface area contributed by atoms with Gasteiger partial charge in [-0.05, 0) is 63.1 Å². The van der Waals surface area contributed by atoms with Gasteiger partial charge in [0, 0.05) is 24.8 Å². The molecular formula is C21H29N3O4. The number of carboxylic acids is 1. The van der Waals surface area contributed by atoms with Crippen LogP contribution >= 0.6 is 0 Å². The molecule has 1 unspecified atom stereocenters. The number of carbonyl (C=O) groups excluding carboxylic acids is 2.